The average molecular weight is 319 g/mol. The molecule has 9 heteroatoms. The van der Waals surface area contributed by atoms with Crippen molar-refractivity contribution in [2.75, 3.05) is 13.2 Å². The Bertz CT molecular complexity index is 668. The Hall–Kier alpha value is -2.97. The monoisotopic (exact) mass is 319 g/mol. The summed E-state index contributed by atoms with van der Waals surface area (Å²) in [6, 6.07) is 7.17. The van der Waals surface area contributed by atoms with Crippen LogP contribution in [0.25, 0.3) is 5.69 Å². The predicted octanol–water partition coefficient (Wildman–Crippen LogP) is 0.240. The van der Waals surface area contributed by atoms with E-state index in [2.05, 4.69) is 25.6 Å². The number of carbonyl (C=O) groups excluding carboxylic acids is 2. The number of benzene rings is 1. The lowest BCUT2D eigenvalue weighted by Crippen LogP contribution is -2.32. The van der Waals surface area contributed by atoms with Gasteiger partial charge in [-0.3, -0.25) is 4.79 Å². The summed E-state index contributed by atoms with van der Waals surface area (Å²) < 4.78 is 11.4. The minimum Gasteiger partial charge on any atom is -0.494 e. The summed E-state index contributed by atoms with van der Waals surface area (Å²) in [5, 5.41) is 13.7. The van der Waals surface area contributed by atoms with Crippen LogP contribution in [-0.2, 0) is 20.9 Å². The molecule has 0 unspecified atom stereocenters. The number of aromatic nitrogens is 4. The molecule has 23 heavy (non-hydrogen) atoms. The number of nitrogens with one attached hydrogen (secondary N) is 1. The first-order valence-electron chi connectivity index (χ1n) is 7.11. The van der Waals surface area contributed by atoms with Crippen LogP contribution in [0, 0.1) is 0 Å². The smallest absolute Gasteiger partial charge is 0.396 e. The number of amides is 1. The Kier molecular flexibility index (Phi) is 5.61. The number of rotatable bonds is 6. The van der Waals surface area contributed by atoms with E-state index in [0.717, 1.165) is 5.75 Å². The molecule has 2 rings (SSSR count). The van der Waals surface area contributed by atoms with Gasteiger partial charge in [0, 0.05) is 0 Å². The first kappa shape index (κ1) is 16.4. The summed E-state index contributed by atoms with van der Waals surface area (Å²) in [6.07, 6.45) is 0. The average Bonchev–Trinajstić information content (AvgIpc) is 3.02. The van der Waals surface area contributed by atoms with E-state index in [-0.39, 0.29) is 13.2 Å². The molecule has 1 amide bonds. The standard InChI is InChI=1S/C14H17N5O4/c1-3-22-11-7-5-10(6-8-11)19-12(16-17-18-19)9-15-13(20)14(21)23-4-2/h5-8H,3-4,9H2,1-2H3,(H,15,20). The molecule has 0 aliphatic rings. The molecule has 0 atom stereocenters. The van der Waals surface area contributed by atoms with Gasteiger partial charge in [0.05, 0.1) is 25.4 Å². The van der Waals surface area contributed by atoms with Crippen LogP contribution in [0.15, 0.2) is 24.3 Å². The number of tetrazole rings is 1. The van der Waals surface area contributed by atoms with Crippen molar-refractivity contribution in [3.8, 4) is 11.4 Å². The van der Waals surface area contributed by atoms with E-state index in [0.29, 0.717) is 18.1 Å². The van der Waals surface area contributed by atoms with Gasteiger partial charge in [-0.05, 0) is 48.5 Å². The molecule has 9 nitrogen and oxygen atoms in total. The van der Waals surface area contributed by atoms with Gasteiger partial charge >= 0.3 is 11.9 Å². The highest BCUT2D eigenvalue weighted by atomic mass is 16.5. The first-order valence-corrected chi connectivity index (χ1v) is 7.11. The third-order valence-corrected chi connectivity index (χ3v) is 2.79. The molecular formula is C14H17N5O4. The van der Waals surface area contributed by atoms with Crippen LogP contribution in [0.2, 0.25) is 0 Å². The molecule has 1 heterocycles. The summed E-state index contributed by atoms with van der Waals surface area (Å²) in [5.74, 6) is -0.658. The third kappa shape index (κ3) is 4.25. The minimum atomic E-state index is -0.937. The van der Waals surface area contributed by atoms with E-state index in [9.17, 15) is 9.59 Å². The van der Waals surface area contributed by atoms with E-state index in [1.165, 1.54) is 4.68 Å². The summed E-state index contributed by atoms with van der Waals surface area (Å²) in [5.41, 5.74) is 0.707. The van der Waals surface area contributed by atoms with E-state index in [4.69, 9.17) is 4.74 Å². The van der Waals surface area contributed by atoms with Crippen molar-refractivity contribution >= 4 is 11.9 Å². The SMILES string of the molecule is CCOC(=O)C(=O)NCc1nnnn1-c1ccc(OCC)cc1. The molecule has 0 spiro atoms. The van der Waals surface area contributed by atoms with E-state index >= 15 is 0 Å². The van der Waals surface area contributed by atoms with Crippen LogP contribution in [0.3, 0.4) is 0 Å². The lowest BCUT2D eigenvalue weighted by molar-refractivity contribution is -0.154. The Balaban J connectivity index is 2.04. The van der Waals surface area contributed by atoms with Crippen LogP contribution >= 0.6 is 0 Å². The molecule has 0 bridgehead atoms. The zero-order valence-corrected chi connectivity index (χ0v) is 12.9. The highest BCUT2D eigenvalue weighted by Crippen LogP contribution is 2.15. The number of carbonyl (C=O) groups is 2. The molecular weight excluding hydrogens is 302 g/mol. The van der Waals surface area contributed by atoms with Crippen molar-refractivity contribution in [1.29, 1.82) is 0 Å². The van der Waals surface area contributed by atoms with Crippen LogP contribution in [0.4, 0.5) is 0 Å². The molecule has 1 aromatic carbocycles. The number of nitrogens with zero attached hydrogens (tertiary/aromatic N) is 4. The second kappa shape index (κ2) is 7.87. The van der Waals surface area contributed by atoms with Crippen molar-refractivity contribution in [1.82, 2.24) is 25.5 Å². The predicted molar refractivity (Wildman–Crippen MR) is 78.8 cm³/mol. The summed E-state index contributed by atoms with van der Waals surface area (Å²) >= 11 is 0. The van der Waals surface area contributed by atoms with Gasteiger partial charge in [0.2, 0.25) is 0 Å². The molecule has 0 aliphatic carbocycles. The van der Waals surface area contributed by atoms with Gasteiger partial charge < -0.3 is 14.8 Å². The fourth-order valence-corrected chi connectivity index (χ4v) is 1.79. The summed E-state index contributed by atoms with van der Waals surface area (Å²) in [6.45, 7) is 4.24. The number of hydrogen-bond acceptors (Lipinski definition) is 7. The summed E-state index contributed by atoms with van der Waals surface area (Å²) in [7, 11) is 0. The fraction of sp³-hybridized carbons (Fsp3) is 0.357. The van der Waals surface area contributed by atoms with Gasteiger partial charge in [-0.1, -0.05) is 0 Å². The van der Waals surface area contributed by atoms with Gasteiger partial charge in [-0.2, -0.15) is 4.68 Å². The van der Waals surface area contributed by atoms with Gasteiger partial charge in [0.25, 0.3) is 0 Å². The number of ether oxygens (including phenoxy) is 2. The molecule has 1 aromatic heterocycles. The molecule has 0 fully saturated rings. The van der Waals surface area contributed by atoms with Crippen LogP contribution in [0.5, 0.6) is 5.75 Å². The maximum atomic E-state index is 11.5. The molecule has 0 saturated carbocycles. The van der Waals surface area contributed by atoms with Gasteiger partial charge in [-0.15, -0.1) is 5.10 Å². The van der Waals surface area contributed by atoms with Gasteiger partial charge in [0.15, 0.2) is 5.82 Å². The fourth-order valence-electron chi connectivity index (χ4n) is 1.79. The maximum Gasteiger partial charge on any atom is 0.396 e. The second-order valence-electron chi connectivity index (χ2n) is 4.34. The largest absolute Gasteiger partial charge is 0.494 e. The summed E-state index contributed by atoms with van der Waals surface area (Å²) in [4.78, 5) is 22.8. The molecule has 0 aliphatic heterocycles. The lowest BCUT2D eigenvalue weighted by atomic mass is 10.3. The topological polar surface area (TPSA) is 108 Å². The Morgan fingerprint density at radius 2 is 1.91 bits per heavy atom. The van der Waals surface area contributed by atoms with E-state index in [1.54, 1.807) is 31.2 Å². The molecule has 2 aromatic rings. The second-order valence-corrected chi connectivity index (χ2v) is 4.34. The number of esters is 1. The Morgan fingerprint density at radius 1 is 1.17 bits per heavy atom. The molecule has 0 saturated heterocycles. The zero-order valence-electron chi connectivity index (χ0n) is 12.9. The van der Waals surface area contributed by atoms with Crippen molar-refractivity contribution in [2.45, 2.75) is 20.4 Å². The highest BCUT2D eigenvalue weighted by molar-refractivity contribution is 6.32. The van der Waals surface area contributed by atoms with Crippen molar-refractivity contribution < 1.29 is 19.1 Å². The lowest BCUT2D eigenvalue weighted by Gasteiger charge is -2.07. The van der Waals surface area contributed by atoms with Crippen molar-refractivity contribution in [3.63, 3.8) is 0 Å². The Labute approximate surface area is 132 Å². The third-order valence-electron chi connectivity index (χ3n) is 2.79. The van der Waals surface area contributed by atoms with Crippen LogP contribution < -0.4 is 10.1 Å². The van der Waals surface area contributed by atoms with E-state index in [1.807, 2.05) is 6.92 Å². The zero-order chi connectivity index (χ0) is 16.7. The number of hydrogen-bond donors (Lipinski definition) is 1. The molecule has 1 N–H and O–H groups in total. The minimum absolute atomic E-state index is 0.00212. The molecule has 0 radical (unpaired) electrons. The quantitative estimate of drug-likeness (QED) is 0.600. The maximum absolute atomic E-state index is 11.5. The van der Waals surface area contributed by atoms with Gasteiger partial charge in [-0.25, -0.2) is 4.79 Å². The van der Waals surface area contributed by atoms with Gasteiger partial charge in [0.1, 0.15) is 5.75 Å². The normalized spacial score (nSPS) is 10.2. The first-order chi connectivity index (χ1) is 11.2. The van der Waals surface area contributed by atoms with Crippen molar-refractivity contribution in [2.24, 2.45) is 0 Å². The van der Waals surface area contributed by atoms with Crippen molar-refractivity contribution in [3.05, 3.63) is 30.1 Å². The Morgan fingerprint density at radius 3 is 2.57 bits per heavy atom. The van der Waals surface area contributed by atoms with Crippen LogP contribution in [-0.4, -0.2) is 45.3 Å². The van der Waals surface area contributed by atoms with E-state index < -0.39 is 11.9 Å². The van der Waals surface area contributed by atoms with Crippen LogP contribution in [0.1, 0.15) is 19.7 Å². The molecule has 122 valence electrons. The highest BCUT2D eigenvalue weighted by Gasteiger charge is 2.16.